The minimum absolute atomic E-state index is 0.234. The van der Waals surface area contributed by atoms with Crippen molar-refractivity contribution < 1.29 is 4.79 Å². The van der Waals surface area contributed by atoms with Crippen LogP contribution in [0.15, 0.2) is 33.6 Å². The quantitative estimate of drug-likeness (QED) is 0.449. The summed E-state index contributed by atoms with van der Waals surface area (Å²) in [5, 5.41) is 0. The lowest BCUT2D eigenvalue weighted by molar-refractivity contribution is -0.120. The Labute approximate surface area is 117 Å². The number of hydrogen-bond acceptors (Lipinski definition) is 3. The molecule has 1 heterocycles. The molecule has 1 aliphatic heterocycles. The highest BCUT2D eigenvalue weighted by molar-refractivity contribution is 9.10. The first-order chi connectivity index (χ1) is 8.11. The average Bonchev–Trinajstić information content (AvgIpc) is 2.54. The van der Waals surface area contributed by atoms with Crippen molar-refractivity contribution in [2.24, 2.45) is 0 Å². The fourth-order valence-corrected chi connectivity index (χ4v) is 2.94. The number of thiocarbonyl (C=S) groups is 1. The van der Waals surface area contributed by atoms with Gasteiger partial charge >= 0.3 is 0 Å². The molecule has 1 fully saturated rings. The van der Waals surface area contributed by atoms with Crippen LogP contribution in [0.4, 0.5) is 0 Å². The molecule has 5 heteroatoms. The van der Waals surface area contributed by atoms with Crippen LogP contribution in [0, 0.1) is 12.5 Å². The third-order valence-corrected chi connectivity index (χ3v) is 3.86. The number of nitrogens with zero attached hydrogens (tertiary/aromatic N) is 1. The second kappa shape index (κ2) is 5.05. The monoisotopic (exact) mass is 323 g/mol. The zero-order valence-electron chi connectivity index (χ0n) is 8.51. The second-order valence-electron chi connectivity index (χ2n) is 3.20. The summed E-state index contributed by atoms with van der Waals surface area (Å²) in [7, 11) is 0. The van der Waals surface area contributed by atoms with Crippen LogP contribution < -0.4 is 0 Å². The number of amides is 1. The number of carbonyl (C=O) groups excluding carboxylic acids is 1. The van der Waals surface area contributed by atoms with Crippen LogP contribution >= 0.6 is 39.9 Å². The van der Waals surface area contributed by atoms with Crippen molar-refractivity contribution >= 4 is 56.2 Å². The third kappa shape index (κ3) is 2.60. The first kappa shape index (κ1) is 12.4. The zero-order valence-corrected chi connectivity index (χ0v) is 11.7. The predicted molar refractivity (Wildman–Crippen MR) is 78.0 cm³/mol. The van der Waals surface area contributed by atoms with Gasteiger partial charge in [0.15, 0.2) is 4.32 Å². The highest BCUT2D eigenvalue weighted by Crippen LogP contribution is 2.32. The molecule has 0 unspecified atom stereocenters. The molecule has 2 nitrogen and oxygen atoms in total. The van der Waals surface area contributed by atoms with Crippen LogP contribution in [-0.2, 0) is 4.79 Å². The summed E-state index contributed by atoms with van der Waals surface area (Å²) in [6.45, 7) is 0. The summed E-state index contributed by atoms with van der Waals surface area (Å²) in [5.41, 5.74) is 0.928. The molecule has 0 radical (unpaired) electrons. The van der Waals surface area contributed by atoms with E-state index in [2.05, 4.69) is 22.0 Å². The van der Waals surface area contributed by atoms with Gasteiger partial charge in [0.05, 0.1) is 4.91 Å². The van der Waals surface area contributed by atoms with Crippen molar-refractivity contribution in [2.75, 3.05) is 0 Å². The van der Waals surface area contributed by atoms with Gasteiger partial charge in [-0.05, 0) is 23.8 Å². The van der Waals surface area contributed by atoms with Crippen molar-refractivity contribution in [2.45, 2.75) is 0 Å². The molecule has 1 amide bonds. The Hall–Kier alpha value is -1.09. The molecule has 84 valence electrons. The van der Waals surface area contributed by atoms with Gasteiger partial charge in [-0.3, -0.25) is 4.79 Å². The number of terminal acetylenes is 1. The van der Waals surface area contributed by atoms with Crippen molar-refractivity contribution in [1.82, 2.24) is 4.90 Å². The summed E-state index contributed by atoms with van der Waals surface area (Å²) < 4.78 is 1.36. The first-order valence-corrected chi connectivity index (χ1v) is 6.63. The van der Waals surface area contributed by atoms with Crippen LogP contribution in [0.3, 0.4) is 0 Å². The molecular formula is C12H6BrNOS2. The van der Waals surface area contributed by atoms with Gasteiger partial charge in [0, 0.05) is 10.5 Å². The van der Waals surface area contributed by atoms with Crippen molar-refractivity contribution in [1.29, 1.82) is 0 Å². The van der Waals surface area contributed by atoms with Gasteiger partial charge in [0.25, 0.3) is 5.91 Å². The predicted octanol–water partition coefficient (Wildman–Crippen LogP) is 3.24. The fraction of sp³-hybridized carbons (Fsp3) is 0. The Bertz CT molecular complexity index is 574. The van der Waals surface area contributed by atoms with E-state index in [0.29, 0.717) is 9.23 Å². The maximum Gasteiger partial charge on any atom is 0.278 e. The van der Waals surface area contributed by atoms with Crippen molar-refractivity contribution in [3.63, 3.8) is 0 Å². The maximum absolute atomic E-state index is 11.8. The molecule has 0 saturated carbocycles. The lowest BCUT2D eigenvalue weighted by atomic mass is 10.2. The number of halogens is 1. The van der Waals surface area contributed by atoms with E-state index < -0.39 is 0 Å². The van der Waals surface area contributed by atoms with E-state index in [9.17, 15) is 4.79 Å². The minimum Gasteiger partial charge on any atom is -0.267 e. The van der Waals surface area contributed by atoms with Crippen molar-refractivity contribution in [3.8, 4) is 12.5 Å². The Morgan fingerprint density at radius 1 is 1.53 bits per heavy atom. The summed E-state index contributed by atoms with van der Waals surface area (Å²) in [6.07, 6.45) is 6.99. The van der Waals surface area contributed by atoms with E-state index in [-0.39, 0.29) is 5.91 Å². The lowest BCUT2D eigenvalue weighted by Crippen LogP contribution is -2.21. The van der Waals surface area contributed by atoms with Crippen LogP contribution in [0.2, 0.25) is 0 Å². The number of thioether (sulfide) groups is 1. The third-order valence-electron chi connectivity index (χ3n) is 2.07. The van der Waals surface area contributed by atoms with E-state index in [1.807, 2.05) is 24.3 Å². The first-order valence-electron chi connectivity index (χ1n) is 4.61. The summed E-state index contributed by atoms with van der Waals surface area (Å²) in [5.74, 6) is -0.234. The zero-order chi connectivity index (χ0) is 12.4. The molecule has 0 aliphatic carbocycles. The molecule has 2 rings (SSSR count). The van der Waals surface area contributed by atoms with Gasteiger partial charge < -0.3 is 0 Å². The number of carbonyl (C=O) groups is 1. The van der Waals surface area contributed by atoms with Crippen LogP contribution in [0.25, 0.3) is 6.08 Å². The highest BCUT2D eigenvalue weighted by Gasteiger charge is 2.30. The van der Waals surface area contributed by atoms with E-state index in [1.54, 1.807) is 6.08 Å². The maximum atomic E-state index is 11.8. The van der Waals surface area contributed by atoms with Gasteiger partial charge in [-0.2, -0.15) is 0 Å². The van der Waals surface area contributed by atoms with Crippen molar-refractivity contribution in [3.05, 3.63) is 39.2 Å². The Morgan fingerprint density at radius 3 is 2.88 bits per heavy atom. The van der Waals surface area contributed by atoms with E-state index in [4.69, 9.17) is 18.6 Å². The second-order valence-corrected chi connectivity index (χ2v) is 5.79. The fourth-order valence-electron chi connectivity index (χ4n) is 1.33. The van der Waals surface area contributed by atoms with E-state index >= 15 is 0 Å². The molecule has 0 spiro atoms. The van der Waals surface area contributed by atoms with Gasteiger partial charge in [-0.15, -0.1) is 0 Å². The van der Waals surface area contributed by atoms with E-state index in [0.717, 1.165) is 14.9 Å². The summed E-state index contributed by atoms with van der Waals surface area (Å²) >= 11 is 9.60. The standard InChI is InChI=1S/C12H6BrNOS2/c1-2-14-11(15)10(17-12(14)16)7-8-4-3-5-9(13)6-8/h1,3-7H. The van der Waals surface area contributed by atoms with Crippen LogP contribution in [0.5, 0.6) is 0 Å². The minimum atomic E-state index is -0.234. The molecule has 1 aliphatic rings. The van der Waals surface area contributed by atoms with Gasteiger partial charge in [0.1, 0.15) is 0 Å². The molecule has 0 bridgehead atoms. The van der Waals surface area contributed by atoms with Gasteiger partial charge in [-0.25, -0.2) is 4.90 Å². The van der Waals surface area contributed by atoms with Gasteiger partial charge in [0.2, 0.25) is 0 Å². The molecule has 1 aromatic carbocycles. The SMILES string of the molecule is C#CN1C(=O)C(=Cc2cccc(Br)c2)SC1=S. The molecular weight excluding hydrogens is 318 g/mol. The average molecular weight is 324 g/mol. The highest BCUT2D eigenvalue weighted by atomic mass is 79.9. The molecule has 0 aromatic heterocycles. The molecule has 1 aromatic rings. The largest absolute Gasteiger partial charge is 0.278 e. The molecule has 1 saturated heterocycles. The van der Waals surface area contributed by atoms with Crippen LogP contribution in [0.1, 0.15) is 5.56 Å². The topological polar surface area (TPSA) is 20.3 Å². The molecule has 0 N–H and O–H groups in total. The number of hydrogen-bond donors (Lipinski definition) is 0. The Morgan fingerprint density at radius 2 is 2.29 bits per heavy atom. The number of rotatable bonds is 1. The molecule has 17 heavy (non-hydrogen) atoms. The Balaban J connectivity index is 2.34. The van der Waals surface area contributed by atoms with E-state index in [1.165, 1.54) is 11.8 Å². The lowest BCUT2D eigenvalue weighted by Gasteiger charge is -2.01. The smallest absolute Gasteiger partial charge is 0.267 e. The normalized spacial score (nSPS) is 17.6. The van der Waals surface area contributed by atoms with Gasteiger partial charge in [-0.1, -0.05) is 58.5 Å². The number of benzene rings is 1. The Kier molecular flexibility index (Phi) is 3.67. The van der Waals surface area contributed by atoms with Crippen LogP contribution in [-0.4, -0.2) is 15.1 Å². The molecule has 0 atom stereocenters. The summed E-state index contributed by atoms with van der Waals surface area (Å²) in [6, 6.07) is 9.91. The summed E-state index contributed by atoms with van der Waals surface area (Å²) in [4.78, 5) is 13.5.